The van der Waals surface area contributed by atoms with Gasteiger partial charge in [-0.1, -0.05) is 0 Å². The molecule has 3 rings (SSSR count). The van der Waals surface area contributed by atoms with Crippen LogP contribution >= 0.6 is 0 Å². The molecule has 14 heavy (non-hydrogen) atoms. The number of likely N-dealkylation sites (N-methyl/N-ethyl adjacent to an activating group) is 1. The molecular weight excluding hydrogens is 176 g/mol. The molecule has 2 N–H and O–H groups in total. The summed E-state index contributed by atoms with van der Waals surface area (Å²) in [6, 6.07) is 0.839. The van der Waals surface area contributed by atoms with Crippen molar-refractivity contribution >= 4 is 0 Å². The molecule has 0 aromatic carbocycles. The van der Waals surface area contributed by atoms with E-state index in [1.54, 1.807) is 0 Å². The number of hydrazine groups is 1. The van der Waals surface area contributed by atoms with Crippen LogP contribution in [-0.4, -0.2) is 67.2 Å². The second kappa shape index (κ2) is 2.92. The molecule has 3 saturated heterocycles. The molecule has 0 bridgehead atoms. The summed E-state index contributed by atoms with van der Waals surface area (Å²) in [5.74, 6) is 5.73. The number of likely N-dealkylation sites (tertiary alicyclic amines) is 2. The summed E-state index contributed by atoms with van der Waals surface area (Å²) < 4.78 is 0. The van der Waals surface area contributed by atoms with E-state index in [9.17, 15) is 0 Å². The largest absolute Gasteiger partial charge is 0.303 e. The van der Waals surface area contributed by atoms with E-state index in [0.29, 0.717) is 5.41 Å². The molecule has 0 radical (unpaired) electrons. The molecule has 0 aliphatic carbocycles. The molecule has 3 aliphatic rings. The third-order valence-electron chi connectivity index (χ3n) is 4.11. The van der Waals surface area contributed by atoms with Crippen LogP contribution < -0.4 is 5.84 Å². The van der Waals surface area contributed by atoms with Crippen molar-refractivity contribution in [2.45, 2.75) is 12.5 Å². The average Bonchev–Trinajstić information content (AvgIpc) is 2.43. The lowest BCUT2D eigenvalue weighted by molar-refractivity contribution is -0.00711. The number of hydrogen-bond acceptors (Lipinski definition) is 4. The van der Waals surface area contributed by atoms with Gasteiger partial charge in [0.05, 0.1) is 0 Å². The van der Waals surface area contributed by atoms with E-state index < -0.39 is 0 Å². The fraction of sp³-hybridized carbons (Fsp3) is 1.00. The third-order valence-corrected chi connectivity index (χ3v) is 4.11. The van der Waals surface area contributed by atoms with Crippen molar-refractivity contribution in [3.8, 4) is 0 Å². The zero-order valence-electron chi connectivity index (χ0n) is 8.95. The Kier molecular flexibility index (Phi) is 1.89. The second-order valence-corrected chi connectivity index (χ2v) is 5.50. The van der Waals surface area contributed by atoms with Crippen LogP contribution in [0, 0.1) is 5.41 Å². The highest BCUT2D eigenvalue weighted by molar-refractivity contribution is 5.02. The number of rotatable bonds is 1. The predicted octanol–water partition coefficient (Wildman–Crippen LogP) is -0.818. The molecule has 0 amide bonds. The summed E-state index contributed by atoms with van der Waals surface area (Å²) in [5, 5.41) is 1.95. The lowest BCUT2D eigenvalue weighted by atomic mass is 9.80. The van der Waals surface area contributed by atoms with Gasteiger partial charge in [-0.05, 0) is 20.0 Å². The first-order valence-corrected chi connectivity index (χ1v) is 5.59. The van der Waals surface area contributed by atoms with E-state index in [-0.39, 0.29) is 0 Å². The molecule has 0 saturated carbocycles. The molecule has 3 heterocycles. The van der Waals surface area contributed by atoms with Crippen LogP contribution in [0.15, 0.2) is 0 Å². The van der Waals surface area contributed by atoms with Gasteiger partial charge in [-0.2, -0.15) is 0 Å². The average molecular weight is 196 g/mol. The first-order chi connectivity index (χ1) is 6.67. The predicted molar refractivity (Wildman–Crippen MR) is 55.7 cm³/mol. The van der Waals surface area contributed by atoms with Gasteiger partial charge in [0.15, 0.2) is 0 Å². The molecular formula is C10H20N4. The van der Waals surface area contributed by atoms with Crippen molar-refractivity contribution in [2.24, 2.45) is 11.3 Å². The molecule has 4 nitrogen and oxygen atoms in total. The van der Waals surface area contributed by atoms with E-state index in [1.807, 2.05) is 5.01 Å². The minimum Gasteiger partial charge on any atom is -0.303 e. The minimum absolute atomic E-state index is 0.572. The SMILES string of the molecule is CN1CC(N2CCC3(CN(N)C3)C2)C1. The Bertz CT molecular complexity index is 230. The molecule has 80 valence electrons. The summed E-state index contributed by atoms with van der Waals surface area (Å²) in [7, 11) is 2.20. The van der Waals surface area contributed by atoms with Gasteiger partial charge in [0.2, 0.25) is 0 Å². The van der Waals surface area contributed by atoms with Crippen molar-refractivity contribution < 1.29 is 0 Å². The lowest BCUT2D eigenvalue weighted by Gasteiger charge is -2.47. The molecule has 0 unspecified atom stereocenters. The topological polar surface area (TPSA) is 35.7 Å². The Morgan fingerprint density at radius 2 is 1.93 bits per heavy atom. The molecule has 3 fully saturated rings. The Balaban J connectivity index is 1.55. The highest BCUT2D eigenvalue weighted by atomic mass is 15.5. The maximum atomic E-state index is 5.73. The Hall–Kier alpha value is -0.160. The summed E-state index contributed by atoms with van der Waals surface area (Å²) in [5.41, 5.74) is 0.572. The van der Waals surface area contributed by atoms with E-state index in [1.165, 1.54) is 32.6 Å². The highest BCUT2D eigenvalue weighted by Gasteiger charge is 2.48. The van der Waals surface area contributed by atoms with Crippen molar-refractivity contribution in [3.05, 3.63) is 0 Å². The molecule has 0 aromatic rings. The first kappa shape index (κ1) is 9.09. The van der Waals surface area contributed by atoms with Gasteiger partial charge in [0.1, 0.15) is 0 Å². The molecule has 1 spiro atoms. The Morgan fingerprint density at radius 1 is 1.21 bits per heavy atom. The lowest BCUT2D eigenvalue weighted by Crippen LogP contribution is -2.62. The van der Waals surface area contributed by atoms with Crippen LogP contribution in [0.25, 0.3) is 0 Å². The van der Waals surface area contributed by atoms with Crippen LogP contribution in [-0.2, 0) is 0 Å². The van der Waals surface area contributed by atoms with Gasteiger partial charge in [-0.25, -0.2) is 5.01 Å². The summed E-state index contributed by atoms with van der Waals surface area (Å²) >= 11 is 0. The molecule has 0 aromatic heterocycles. The van der Waals surface area contributed by atoms with Crippen LogP contribution in [0.2, 0.25) is 0 Å². The van der Waals surface area contributed by atoms with Crippen LogP contribution in [0.3, 0.4) is 0 Å². The van der Waals surface area contributed by atoms with E-state index in [2.05, 4.69) is 16.8 Å². The molecule has 3 aliphatic heterocycles. The highest BCUT2D eigenvalue weighted by Crippen LogP contribution is 2.39. The quantitative estimate of drug-likeness (QED) is 0.556. The van der Waals surface area contributed by atoms with Gasteiger partial charge in [0.25, 0.3) is 0 Å². The van der Waals surface area contributed by atoms with Crippen LogP contribution in [0.5, 0.6) is 0 Å². The Labute approximate surface area is 85.6 Å². The maximum absolute atomic E-state index is 5.73. The Morgan fingerprint density at radius 3 is 2.50 bits per heavy atom. The fourth-order valence-electron chi connectivity index (χ4n) is 3.25. The van der Waals surface area contributed by atoms with Crippen molar-refractivity contribution in [3.63, 3.8) is 0 Å². The zero-order chi connectivity index (χ0) is 9.76. The van der Waals surface area contributed by atoms with E-state index >= 15 is 0 Å². The maximum Gasteiger partial charge on any atom is 0.0350 e. The van der Waals surface area contributed by atoms with Crippen LogP contribution in [0.1, 0.15) is 6.42 Å². The van der Waals surface area contributed by atoms with Crippen molar-refractivity contribution in [2.75, 3.05) is 46.3 Å². The smallest absolute Gasteiger partial charge is 0.0350 e. The van der Waals surface area contributed by atoms with E-state index in [0.717, 1.165) is 19.1 Å². The number of hydrogen-bond donors (Lipinski definition) is 1. The minimum atomic E-state index is 0.572. The van der Waals surface area contributed by atoms with Gasteiger partial charge in [-0.15, -0.1) is 0 Å². The third kappa shape index (κ3) is 1.29. The van der Waals surface area contributed by atoms with Crippen molar-refractivity contribution in [1.29, 1.82) is 0 Å². The van der Waals surface area contributed by atoms with Gasteiger partial charge >= 0.3 is 0 Å². The monoisotopic (exact) mass is 196 g/mol. The standard InChI is InChI=1S/C10H20N4/c1-12-4-9(5-12)13-3-2-10(6-13)7-14(11)8-10/h9H,2-8,11H2,1H3. The van der Waals surface area contributed by atoms with Gasteiger partial charge in [0, 0.05) is 44.2 Å². The summed E-state index contributed by atoms with van der Waals surface area (Å²) in [4.78, 5) is 5.07. The molecule has 0 atom stereocenters. The van der Waals surface area contributed by atoms with E-state index in [4.69, 9.17) is 5.84 Å². The van der Waals surface area contributed by atoms with Gasteiger partial charge in [-0.3, -0.25) is 10.7 Å². The van der Waals surface area contributed by atoms with Crippen molar-refractivity contribution in [1.82, 2.24) is 14.8 Å². The zero-order valence-corrected chi connectivity index (χ0v) is 8.95. The normalized spacial score (nSPS) is 34.7. The second-order valence-electron chi connectivity index (χ2n) is 5.50. The fourth-order valence-corrected chi connectivity index (χ4v) is 3.25. The van der Waals surface area contributed by atoms with Crippen LogP contribution in [0.4, 0.5) is 0 Å². The molecule has 4 heteroatoms. The summed E-state index contributed by atoms with van der Waals surface area (Å²) in [6.45, 7) is 7.36. The number of nitrogens with two attached hydrogens (primary N) is 1. The van der Waals surface area contributed by atoms with Gasteiger partial charge < -0.3 is 4.90 Å². The number of nitrogens with zero attached hydrogens (tertiary/aromatic N) is 3. The summed E-state index contributed by atoms with van der Waals surface area (Å²) in [6.07, 6.45) is 1.36. The first-order valence-electron chi connectivity index (χ1n) is 5.59.